The Labute approximate surface area is 134 Å². The van der Waals surface area contributed by atoms with E-state index in [0.717, 1.165) is 0 Å². The Morgan fingerprint density at radius 2 is 1.91 bits per heavy atom. The Kier molecular flexibility index (Phi) is 4.29. The van der Waals surface area contributed by atoms with E-state index >= 15 is 0 Å². The first kappa shape index (κ1) is 17.8. The van der Waals surface area contributed by atoms with Crippen molar-refractivity contribution in [2.45, 2.75) is 52.0 Å². The van der Waals surface area contributed by atoms with Gasteiger partial charge in [0.15, 0.2) is 0 Å². The van der Waals surface area contributed by atoms with Crippen LogP contribution in [0.5, 0.6) is 0 Å². The number of aryl methyl sites for hydroxylation is 1. The summed E-state index contributed by atoms with van der Waals surface area (Å²) in [5.41, 5.74) is 0.617. The SMILES string of the molecule is Cc1nn(CC(C)C)c(C)c1S(=O)(=O)NC(=O)[C@@H]1[C@@H](C)C1(F)F. The lowest BCUT2D eigenvalue weighted by Gasteiger charge is -2.09. The second kappa shape index (κ2) is 5.54. The van der Waals surface area contributed by atoms with Crippen molar-refractivity contribution in [3.8, 4) is 0 Å². The maximum absolute atomic E-state index is 13.3. The van der Waals surface area contributed by atoms with Gasteiger partial charge < -0.3 is 0 Å². The summed E-state index contributed by atoms with van der Waals surface area (Å²) in [5.74, 6) is -6.81. The molecule has 1 aliphatic carbocycles. The van der Waals surface area contributed by atoms with Crippen LogP contribution in [0.15, 0.2) is 4.90 Å². The predicted molar refractivity (Wildman–Crippen MR) is 79.5 cm³/mol. The van der Waals surface area contributed by atoms with E-state index in [1.54, 1.807) is 16.3 Å². The van der Waals surface area contributed by atoms with Gasteiger partial charge in [-0.1, -0.05) is 20.8 Å². The van der Waals surface area contributed by atoms with E-state index in [4.69, 9.17) is 0 Å². The van der Waals surface area contributed by atoms with Crippen molar-refractivity contribution < 1.29 is 22.0 Å². The van der Waals surface area contributed by atoms with Crippen molar-refractivity contribution in [2.75, 3.05) is 0 Å². The van der Waals surface area contributed by atoms with Crippen LogP contribution in [-0.4, -0.2) is 30.0 Å². The summed E-state index contributed by atoms with van der Waals surface area (Å²) in [6, 6.07) is 0. The van der Waals surface area contributed by atoms with Gasteiger partial charge in [0.1, 0.15) is 10.8 Å². The highest BCUT2D eigenvalue weighted by Crippen LogP contribution is 2.54. The zero-order chi connectivity index (χ0) is 17.7. The number of alkyl halides is 2. The number of aromatic nitrogens is 2. The van der Waals surface area contributed by atoms with Gasteiger partial charge in [0.2, 0.25) is 5.91 Å². The number of carbonyl (C=O) groups excluding carboxylic acids is 1. The largest absolute Gasteiger partial charge is 0.273 e. The molecule has 1 aromatic heterocycles. The van der Waals surface area contributed by atoms with Crippen LogP contribution in [0.4, 0.5) is 8.78 Å². The van der Waals surface area contributed by atoms with Crippen molar-refractivity contribution in [3.05, 3.63) is 11.4 Å². The van der Waals surface area contributed by atoms with Crippen LogP contribution in [0.3, 0.4) is 0 Å². The topological polar surface area (TPSA) is 81.1 Å². The predicted octanol–water partition coefficient (Wildman–Crippen LogP) is 1.86. The third kappa shape index (κ3) is 3.11. The molecule has 2 atom stereocenters. The van der Waals surface area contributed by atoms with Crippen molar-refractivity contribution >= 4 is 15.9 Å². The molecule has 1 aliphatic rings. The highest BCUT2D eigenvalue weighted by Gasteiger charge is 2.69. The molecule has 0 saturated heterocycles. The molecule has 23 heavy (non-hydrogen) atoms. The average molecular weight is 349 g/mol. The van der Waals surface area contributed by atoms with Gasteiger partial charge in [-0.25, -0.2) is 21.9 Å². The van der Waals surface area contributed by atoms with E-state index in [9.17, 15) is 22.0 Å². The standard InChI is InChI=1S/C14H21F2N3O3S/c1-7(2)6-19-10(5)12(9(4)17-19)23(21,22)18-13(20)11-8(3)14(11,15)16/h7-8,11H,6H2,1-5H3,(H,18,20)/t8-,11+/m1/s1. The van der Waals surface area contributed by atoms with E-state index in [2.05, 4.69) is 5.10 Å². The molecule has 1 aromatic rings. The Hall–Kier alpha value is -1.51. The van der Waals surface area contributed by atoms with Crippen LogP contribution in [0.2, 0.25) is 0 Å². The fourth-order valence-electron chi connectivity index (χ4n) is 2.72. The van der Waals surface area contributed by atoms with E-state index in [0.29, 0.717) is 12.2 Å². The molecular weight excluding hydrogens is 328 g/mol. The van der Waals surface area contributed by atoms with Gasteiger partial charge in [-0.05, 0) is 19.8 Å². The van der Waals surface area contributed by atoms with Gasteiger partial charge in [-0.3, -0.25) is 9.48 Å². The molecule has 1 saturated carbocycles. The lowest BCUT2D eigenvalue weighted by molar-refractivity contribution is -0.122. The smallest absolute Gasteiger partial charge is 0.267 e. The van der Waals surface area contributed by atoms with Crippen LogP contribution >= 0.6 is 0 Å². The van der Waals surface area contributed by atoms with Crippen molar-refractivity contribution in [1.29, 1.82) is 0 Å². The Morgan fingerprint density at radius 1 is 1.39 bits per heavy atom. The second-order valence-corrected chi connectivity index (χ2v) is 8.11. The molecule has 1 heterocycles. The Morgan fingerprint density at radius 3 is 2.35 bits per heavy atom. The van der Waals surface area contributed by atoms with E-state index in [-0.39, 0.29) is 16.5 Å². The minimum Gasteiger partial charge on any atom is -0.273 e. The fourth-order valence-corrected chi connectivity index (χ4v) is 4.14. The van der Waals surface area contributed by atoms with Crippen molar-refractivity contribution in [1.82, 2.24) is 14.5 Å². The summed E-state index contributed by atoms with van der Waals surface area (Å²) in [6.07, 6.45) is 0. The lowest BCUT2D eigenvalue weighted by Crippen LogP contribution is -2.34. The Balaban J connectivity index is 2.27. The average Bonchev–Trinajstić information content (AvgIpc) is 2.70. The van der Waals surface area contributed by atoms with Crippen LogP contribution in [0, 0.1) is 31.6 Å². The number of carbonyl (C=O) groups is 1. The summed E-state index contributed by atoms with van der Waals surface area (Å²) >= 11 is 0. The molecule has 1 amide bonds. The zero-order valence-electron chi connectivity index (χ0n) is 13.7. The normalized spacial score (nSPS) is 23.1. The monoisotopic (exact) mass is 349 g/mol. The minimum atomic E-state index is -4.23. The van der Waals surface area contributed by atoms with Crippen molar-refractivity contribution in [2.24, 2.45) is 17.8 Å². The molecule has 130 valence electrons. The molecule has 6 nitrogen and oxygen atoms in total. The highest BCUT2D eigenvalue weighted by atomic mass is 32.2. The number of sulfonamides is 1. The third-order valence-electron chi connectivity index (χ3n) is 4.05. The third-order valence-corrected chi connectivity index (χ3v) is 5.65. The van der Waals surface area contributed by atoms with Crippen LogP contribution < -0.4 is 4.72 Å². The van der Waals surface area contributed by atoms with Gasteiger partial charge in [0, 0.05) is 12.5 Å². The molecular formula is C14H21F2N3O3S. The zero-order valence-corrected chi connectivity index (χ0v) is 14.5. The number of amides is 1. The maximum atomic E-state index is 13.3. The van der Waals surface area contributed by atoms with Gasteiger partial charge in [-0.2, -0.15) is 5.10 Å². The van der Waals surface area contributed by atoms with E-state index < -0.39 is 33.7 Å². The number of hydrogen-bond acceptors (Lipinski definition) is 4. The van der Waals surface area contributed by atoms with E-state index in [1.807, 2.05) is 13.8 Å². The molecule has 0 aliphatic heterocycles. The fraction of sp³-hybridized carbons (Fsp3) is 0.714. The molecule has 2 rings (SSSR count). The van der Waals surface area contributed by atoms with Gasteiger partial charge in [0.25, 0.3) is 15.9 Å². The Bertz CT molecular complexity index is 741. The summed E-state index contributed by atoms with van der Waals surface area (Å²) in [7, 11) is -4.23. The minimum absolute atomic E-state index is 0.122. The quantitative estimate of drug-likeness (QED) is 0.880. The summed E-state index contributed by atoms with van der Waals surface area (Å²) < 4.78 is 54.6. The molecule has 0 bridgehead atoms. The molecule has 9 heteroatoms. The van der Waals surface area contributed by atoms with Crippen LogP contribution in [0.1, 0.15) is 32.2 Å². The van der Waals surface area contributed by atoms with Crippen molar-refractivity contribution in [3.63, 3.8) is 0 Å². The maximum Gasteiger partial charge on any atom is 0.267 e. The van der Waals surface area contributed by atoms with Gasteiger partial charge in [-0.15, -0.1) is 0 Å². The number of nitrogens with zero attached hydrogens (tertiary/aromatic N) is 2. The molecule has 0 radical (unpaired) electrons. The second-order valence-electron chi connectivity index (χ2n) is 6.49. The summed E-state index contributed by atoms with van der Waals surface area (Å²) in [5, 5.41) is 4.17. The van der Waals surface area contributed by atoms with Crippen LogP contribution in [-0.2, 0) is 21.4 Å². The first-order chi connectivity index (χ1) is 10.4. The van der Waals surface area contributed by atoms with Crippen LogP contribution in [0.25, 0.3) is 0 Å². The van der Waals surface area contributed by atoms with Gasteiger partial charge >= 0.3 is 0 Å². The number of halogens is 2. The summed E-state index contributed by atoms with van der Waals surface area (Å²) in [6.45, 7) is 8.75. The molecule has 1 fully saturated rings. The lowest BCUT2D eigenvalue weighted by atomic mass is 10.2. The molecule has 0 spiro atoms. The first-order valence-corrected chi connectivity index (χ1v) is 8.86. The molecule has 0 aromatic carbocycles. The molecule has 1 N–H and O–H groups in total. The number of nitrogens with one attached hydrogen (secondary N) is 1. The number of rotatable bonds is 5. The van der Waals surface area contributed by atoms with E-state index in [1.165, 1.54) is 13.8 Å². The molecule has 0 unspecified atom stereocenters. The highest BCUT2D eigenvalue weighted by molar-refractivity contribution is 7.90. The first-order valence-electron chi connectivity index (χ1n) is 7.38. The number of hydrogen-bond donors (Lipinski definition) is 1. The summed E-state index contributed by atoms with van der Waals surface area (Å²) in [4.78, 5) is 11.7. The van der Waals surface area contributed by atoms with Gasteiger partial charge in [0.05, 0.1) is 11.4 Å².